The first-order chi connectivity index (χ1) is 14.0. The lowest BCUT2D eigenvalue weighted by Gasteiger charge is -2.42. The molecule has 2 aromatic carbocycles. The van der Waals surface area contributed by atoms with Gasteiger partial charge in [-0.2, -0.15) is 0 Å². The van der Waals surface area contributed by atoms with Gasteiger partial charge in [0.15, 0.2) is 5.79 Å². The molecule has 2 aromatic rings. The van der Waals surface area contributed by atoms with E-state index in [1.165, 1.54) is 24.0 Å². The number of rotatable bonds is 4. The lowest BCUT2D eigenvalue weighted by molar-refractivity contribution is -0.326. The van der Waals surface area contributed by atoms with Crippen LogP contribution in [0.2, 0.25) is 5.02 Å². The Balaban J connectivity index is 1.45. The van der Waals surface area contributed by atoms with Gasteiger partial charge in [-0.25, -0.2) is 0 Å². The molecule has 2 heterocycles. The Morgan fingerprint density at radius 1 is 1.10 bits per heavy atom. The summed E-state index contributed by atoms with van der Waals surface area (Å²) in [5, 5.41) is 30.6. The van der Waals surface area contributed by atoms with Crippen molar-refractivity contribution in [2.75, 3.05) is 6.61 Å². The molecule has 154 valence electrons. The summed E-state index contributed by atoms with van der Waals surface area (Å²) >= 11 is 6.56. The summed E-state index contributed by atoms with van der Waals surface area (Å²) in [6, 6.07) is 12.6. The lowest BCUT2D eigenvalue weighted by atomic mass is 9.88. The van der Waals surface area contributed by atoms with Crippen LogP contribution in [0.1, 0.15) is 53.0 Å². The second-order valence-electron chi connectivity index (χ2n) is 8.44. The minimum absolute atomic E-state index is 0.106. The monoisotopic (exact) mass is 416 g/mol. The Morgan fingerprint density at radius 2 is 1.86 bits per heavy atom. The van der Waals surface area contributed by atoms with Crippen LogP contribution in [0.4, 0.5) is 0 Å². The molecule has 0 radical (unpaired) electrons. The minimum atomic E-state index is -1.17. The van der Waals surface area contributed by atoms with Crippen molar-refractivity contribution < 1.29 is 24.8 Å². The number of fused-ring (bicyclic) bond motifs is 2. The van der Waals surface area contributed by atoms with Crippen LogP contribution < -0.4 is 0 Å². The Kier molecular flexibility index (Phi) is 4.93. The third kappa shape index (κ3) is 3.50. The lowest BCUT2D eigenvalue weighted by Crippen LogP contribution is -2.54. The Bertz CT molecular complexity index is 910. The van der Waals surface area contributed by atoms with Crippen LogP contribution in [0, 0.1) is 0 Å². The number of benzene rings is 2. The van der Waals surface area contributed by atoms with E-state index in [-0.39, 0.29) is 6.42 Å². The zero-order valence-electron chi connectivity index (χ0n) is 16.1. The standard InChI is InChI=1S/C23H25ClO5/c24-19-9-17-12-28-23(10-20(26)22(27)21(11-25)29-23)18(17)8-16(19)7-13-1-3-14(4-2-13)15-5-6-15/h1-4,8-9,15,20-22,25-27H,5-7,10-12H2/t20-,21?,22+,23-/m1/s1. The molecule has 1 aliphatic carbocycles. The molecule has 3 N–H and O–H groups in total. The van der Waals surface area contributed by atoms with Crippen molar-refractivity contribution in [2.24, 2.45) is 0 Å². The van der Waals surface area contributed by atoms with Gasteiger partial charge in [0, 0.05) is 17.0 Å². The summed E-state index contributed by atoms with van der Waals surface area (Å²) in [6.45, 7) is -0.0845. The fourth-order valence-corrected chi connectivity index (χ4v) is 4.76. The van der Waals surface area contributed by atoms with Crippen LogP contribution in [0.3, 0.4) is 0 Å². The molecule has 5 rings (SSSR count). The molecule has 0 aromatic heterocycles. The Labute approximate surface area is 174 Å². The maximum Gasteiger partial charge on any atom is 0.198 e. The zero-order chi connectivity index (χ0) is 20.2. The van der Waals surface area contributed by atoms with Crippen molar-refractivity contribution in [3.63, 3.8) is 0 Å². The van der Waals surface area contributed by atoms with Gasteiger partial charge in [-0.1, -0.05) is 35.9 Å². The summed E-state index contributed by atoms with van der Waals surface area (Å²) in [5.74, 6) is -0.439. The normalized spacial score (nSPS) is 31.2. The van der Waals surface area contributed by atoms with Crippen molar-refractivity contribution in [1.29, 1.82) is 0 Å². The number of aliphatic hydroxyl groups is 3. The van der Waals surface area contributed by atoms with Crippen LogP contribution in [0.25, 0.3) is 0 Å². The third-order valence-corrected chi connectivity index (χ3v) is 6.69. The summed E-state index contributed by atoms with van der Waals surface area (Å²) < 4.78 is 11.9. The Morgan fingerprint density at radius 3 is 2.55 bits per heavy atom. The number of hydrogen-bond donors (Lipinski definition) is 3. The maximum atomic E-state index is 10.3. The minimum Gasteiger partial charge on any atom is -0.394 e. The van der Waals surface area contributed by atoms with Gasteiger partial charge in [-0.3, -0.25) is 0 Å². The zero-order valence-corrected chi connectivity index (χ0v) is 16.8. The van der Waals surface area contributed by atoms with Gasteiger partial charge in [0.25, 0.3) is 0 Å². The van der Waals surface area contributed by atoms with Crippen LogP contribution >= 0.6 is 11.6 Å². The van der Waals surface area contributed by atoms with Crippen LogP contribution in [-0.4, -0.2) is 40.2 Å². The SMILES string of the molecule is OCC1O[C@@]2(C[C@@H](O)[C@@H]1O)OCc1cc(Cl)c(Cc3ccc(C4CC4)cc3)cc12. The maximum absolute atomic E-state index is 10.3. The van der Waals surface area contributed by atoms with E-state index in [1.54, 1.807) is 0 Å². The summed E-state index contributed by atoms with van der Waals surface area (Å²) in [4.78, 5) is 0. The summed E-state index contributed by atoms with van der Waals surface area (Å²) in [6.07, 6.45) is 0.270. The van der Waals surface area contributed by atoms with E-state index in [2.05, 4.69) is 24.3 Å². The highest BCUT2D eigenvalue weighted by atomic mass is 35.5. The molecule has 0 amide bonds. The number of ether oxygens (including phenoxy) is 2. The molecule has 1 unspecified atom stereocenters. The van der Waals surface area contributed by atoms with E-state index in [4.69, 9.17) is 21.1 Å². The fourth-order valence-electron chi connectivity index (χ4n) is 4.50. The third-order valence-electron chi connectivity index (χ3n) is 6.34. The summed E-state index contributed by atoms with van der Waals surface area (Å²) in [5.41, 5.74) is 5.26. The highest BCUT2D eigenvalue weighted by molar-refractivity contribution is 6.31. The van der Waals surface area contributed by atoms with Crippen molar-refractivity contribution in [3.05, 3.63) is 69.2 Å². The predicted octanol–water partition coefficient (Wildman–Crippen LogP) is 2.99. The van der Waals surface area contributed by atoms with Crippen molar-refractivity contribution in [2.45, 2.75) is 62.3 Å². The van der Waals surface area contributed by atoms with Crippen molar-refractivity contribution >= 4 is 11.6 Å². The average molecular weight is 417 g/mol. The van der Waals surface area contributed by atoms with Crippen molar-refractivity contribution in [1.82, 2.24) is 0 Å². The smallest absolute Gasteiger partial charge is 0.198 e. The van der Waals surface area contributed by atoms with E-state index < -0.39 is 30.7 Å². The number of hydrogen-bond acceptors (Lipinski definition) is 5. The largest absolute Gasteiger partial charge is 0.394 e. The van der Waals surface area contributed by atoms with Crippen molar-refractivity contribution in [3.8, 4) is 0 Å². The first kappa shape index (κ1) is 19.5. The second kappa shape index (κ2) is 7.34. The highest BCUT2D eigenvalue weighted by Gasteiger charge is 2.51. The van der Waals surface area contributed by atoms with Gasteiger partial charge >= 0.3 is 0 Å². The van der Waals surface area contributed by atoms with E-state index >= 15 is 0 Å². The molecular weight excluding hydrogens is 392 g/mol. The first-order valence-corrected chi connectivity index (χ1v) is 10.6. The van der Waals surface area contributed by atoms with Gasteiger partial charge < -0.3 is 24.8 Å². The molecule has 1 saturated carbocycles. The van der Waals surface area contributed by atoms with Gasteiger partial charge in [-0.05, 0) is 59.6 Å². The van der Waals surface area contributed by atoms with Crippen LogP contribution in [0.15, 0.2) is 36.4 Å². The molecule has 29 heavy (non-hydrogen) atoms. The van der Waals surface area contributed by atoms with Gasteiger partial charge in [0.05, 0.1) is 19.3 Å². The molecule has 0 bridgehead atoms. The van der Waals surface area contributed by atoms with Gasteiger partial charge in [0.1, 0.15) is 12.2 Å². The topological polar surface area (TPSA) is 79.2 Å². The van der Waals surface area contributed by atoms with E-state index in [0.717, 1.165) is 22.6 Å². The van der Waals surface area contributed by atoms with E-state index in [0.29, 0.717) is 18.1 Å². The molecule has 6 heteroatoms. The van der Waals surface area contributed by atoms with Crippen LogP contribution in [0.5, 0.6) is 0 Å². The molecule has 5 nitrogen and oxygen atoms in total. The quantitative estimate of drug-likeness (QED) is 0.714. The molecular formula is C23H25ClO5. The molecule has 1 spiro atoms. The van der Waals surface area contributed by atoms with E-state index in [1.807, 2.05) is 12.1 Å². The number of aliphatic hydroxyl groups excluding tert-OH is 3. The van der Waals surface area contributed by atoms with Gasteiger partial charge in [0.2, 0.25) is 0 Å². The predicted molar refractivity (Wildman–Crippen MR) is 108 cm³/mol. The molecule has 1 saturated heterocycles. The summed E-state index contributed by atoms with van der Waals surface area (Å²) in [7, 11) is 0. The average Bonchev–Trinajstić information content (AvgIpc) is 3.51. The fraction of sp³-hybridized carbons (Fsp3) is 0.478. The number of halogens is 1. The molecule has 3 aliphatic rings. The Hall–Kier alpha value is -1.47. The van der Waals surface area contributed by atoms with Crippen LogP contribution in [-0.2, 0) is 28.3 Å². The molecule has 2 aliphatic heterocycles. The highest BCUT2D eigenvalue weighted by Crippen LogP contribution is 2.47. The first-order valence-electron chi connectivity index (χ1n) is 10.2. The van der Waals surface area contributed by atoms with Gasteiger partial charge in [-0.15, -0.1) is 0 Å². The molecule has 4 atom stereocenters. The van der Waals surface area contributed by atoms with E-state index in [9.17, 15) is 15.3 Å². The molecule has 2 fully saturated rings. The second-order valence-corrected chi connectivity index (χ2v) is 8.84.